The fraction of sp³-hybridized carbons (Fsp3) is 0.105. The first-order valence-corrected chi connectivity index (χ1v) is 9.17. The van der Waals surface area contributed by atoms with E-state index in [4.69, 9.17) is 0 Å². The van der Waals surface area contributed by atoms with Crippen LogP contribution in [0.2, 0.25) is 0 Å². The van der Waals surface area contributed by atoms with Crippen LogP contribution in [0, 0.1) is 17.4 Å². The van der Waals surface area contributed by atoms with E-state index < -0.39 is 0 Å². The number of hydrogen-bond acceptors (Lipinski definition) is 1. The van der Waals surface area contributed by atoms with Crippen LogP contribution in [-0.4, -0.2) is 10.8 Å². The van der Waals surface area contributed by atoms with Crippen molar-refractivity contribution in [2.24, 2.45) is 4.99 Å². The monoisotopic (exact) mass is 478 g/mol. The van der Waals surface area contributed by atoms with E-state index in [9.17, 15) is 0 Å². The van der Waals surface area contributed by atoms with Crippen LogP contribution in [0.15, 0.2) is 64.1 Å². The molecule has 4 heteroatoms. The van der Waals surface area contributed by atoms with Gasteiger partial charge in [-0.3, -0.25) is 4.99 Å². The standard InChI is InChI=1S/C19H16BrIN2/c1-13-11-15(12-22-19-6-4-3-5-18(19)20)14(2)23(13)17-9-7-16(21)8-10-17/h3-12H,1-2H3. The van der Waals surface area contributed by atoms with E-state index in [0.717, 1.165) is 15.7 Å². The highest BCUT2D eigenvalue weighted by atomic mass is 127. The van der Waals surface area contributed by atoms with Crippen molar-refractivity contribution in [3.8, 4) is 5.69 Å². The molecule has 0 aliphatic heterocycles. The molecule has 0 unspecified atom stereocenters. The molecule has 3 rings (SSSR count). The molecule has 0 aliphatic carbocycles. The largest absolute Gasteiger partial charge is 0.318 e. The van der Waals surface area contributed by atoms with Gasteiger partial charge in [0.2, 0.25) is 0 Å². The minimum Gasteiger partial charge on any atom is -0.318 e. The summed E-state index contributed by atoms with van der Waals surface area (Å²) in [7, 11) is 0. The number of hydrogen-bond donors (Lipinski definition) is 0. The van der Waals surface area contributed by atoms with Crippen molar-refractivity contribution >= 4 is 50.4 Å². The number of halogens is 2. The van der Waals surface area contributed by atoms with Crippen molar-refractivity contribution in [1.82, 2.24) is 4.57 Å². The van der Waals surface area contributed by atoms with Crippen molar-refractivity contribution in [3.05, 3.63) is 79.6 Å². The molecule has 2 nitrogen and oxygen atoms in total. The molecule has 0 atom stereocenters. The lowest BCUT2D eigenvalue weighted by Crippen LogP contribution is -1.99. The van der Waals surface area contributed by atoms with Gasteiger partial charge in [0.25, 0.3) is 0 Å². The van der Waals surface area contributed by atoms with Crippen LogP contribution in [0.5, 0.6) is 0 Å². The number of aliphatic imine (C=N–C) groups is 1. The number of aromatic nitrogens is 1. The molecule has 0 N–H and O–H groups in total. The highest BCUT2D eigenvalue weighted by molar-refractivity contribution is 14.1. The Morgan fingerprint density at radius 1 is 1.04 bits per heavy atom. The first kappa shape index (κ1) is 16.5. The van der Waals surface area contributed by atoms with E-state index in [1.54, 1.807) is 0 Å². The van der Waals surface area contributed by atoms with Crippen LogP contribution >= 0.6 is 38.5 Å². The minimum absolute atomic E-state index is 0.937. The summed E-state index contributed by atoms with van der Waals surface area (Å²) in [6.45, 7) is 4.26. The van der Waals surface area contributed by atoms with Crippen molar-refractivity contribution in [1.29, 1.82) is 0 Å². The van der Waals surface area contributed by atoms with Gasteiger partial charge in [0, 0.05) is 36.9 Å². The molecule has 0 bridgehead atoms. The van der Waals surface area contributed by atoms with Crippen LogP contribution in [-0.2, 0) is 0 Å². The molecule has 0 aliphatic rings. The second-order valence-corrected chi connectivity index (χ2v) is 7.45. The summed E-state index contributed by atoms with van der Waals surface area (Å²) in [5.41, 5.74) is 5.65. The summed E-state index contributed by atoms with van der Waals surface area (Å²) in [6, 6.07) is 18.7. The molecule has 0 saturated heterocycles. The molecule has 0 amide bonds. The van der Waals surface area contributed by atoms with Crippen molar-refractivity contribution in [2.75, 3.05) is 0 Å². The maximum Gasteiger partial charge on any atom is 0.0771 e. The summed E-state index contributed by atoms with van der Waals surface area (Å²) in [5, 5.41) is 0. The van der Waals surface area contributed by atoms with E-state index in [1.165, 1.54) is 20.6 Å². The quantitative estimate of drug-likeness (QED) is 0.314. The second kappa shape index (κ2) is 7.01. The zero-order valence-corrected chi connectivity index (χ0v) is 16.7. The van der Waals surface area contributed by atoms with Crippen molar-refractivity contribution in [2.45, 2.75) is 13.8 Å². The van der Waals surface area contributed by atoms with E-state index in [1.807, 2.05) is 30.5 Å². The normalized spacial score (nSPS) is 11.3. The zero-order chi connectivity index (χ0) is 16.4. The summed E-state index contributed by atoms with van der Waals surface area (Å²) in [4.78, 5) is 4.61. The van der Waals surface area contributed by atoms with Crippen molar-refractivity contribution < 1.29 is 0 Å². The smallest absolute Gasteiger partial charge is 0.0771 e. The third-order valence-corrected chi connectivity index (χ3v) is 5.14. The first-order valence-electron chi connectivity index (χ1n) is 7.30. The number of aryl methyl sites for hydroxylation is 1. The average molecular weight is 479 g/mol. The highest BCUT2D eigenvalue weighted by Gasteiger charge is 2.09. The Kier molecular flexibility index (Phi) is 5.02. The molecule has 1 aromatic heterocycles. The molecule has 3 aromatic rings. The van der Waals surface area contributed by atoms with Gasteiger partial charge in [-0.1, -0.05) is 12.1 Å². The van der Waals surface area contributed by atoms with Gasteiger partial charge in [0.15, 0.2) is 0 Å². The summed E-state index contributed by atoms with van der Waals surface area (Å²) >= 11 is 5.86. The van der Waals surface area contributed by atoms with E-state index in [0.29, 0.717) is 0 Å². The molecule has 23 heavy (non-hydrogen) atoms. The Hall–Kier alpha value is -1.40. The van der Waals surface area contributed by atoms with Crippen LogP contribution in [0.1, 0.15) is 17.0 Å². The fourth-order valence-corrected chi connectivity index (χ4v) is 3.35. The maximum atomic E-state index is 4.61. The highest BCUT2D eigenvalue weighted by Crippen LogP contribution is 2.25. The van der Waals surface area contributed by atoms with Gasteiger partial charge in [0.1, 0.15) is 0 Å². The summed E-state index contributed by atoms with van der Waals surface area (Å²) in [5.74, 6) is 0. The van der Waals surface area contributed by atoms with Crippen LogP contribution in [0.25, 0.3) is 5.69 Å². The molecular formula is C19H16BrIN2. The molecule has 2 aromatic carbocycles. The Morgan fingerprint density at radius 2 is 1.74 bits per heavy atom. The second-order valence-electron chi connectivity index (χ2n) is 5.35. The average Bonchev–Trinajstić information content (AvgIpc) is 2.82. The molecule has 0 saturated carbocycles. The molecule has 116 valence electrons. The van der Waals surface area contributed by atoms with Gasteiger partial charge in [-0.05, 0) is 94.8 Å². The van der Waals surface area contributed by atoms with Gasteiger partial charge < -0.3 is 4.57 Å². The number of rotatable bonds is 3. The zero-order valence-electron chi connectivity index (χ0n) is 12.9. The van der Waals surface area contributed by atoms with Gasteiger partial charge in [-0.15, -0.1) is 0 Å². The predicted molar refractivity (Wildman–Crippen MR) is 109 cm³/mol. The van der Waals surface area contributed by atoms with Crippen LogP contribution in [0.3, 0.4) is 0 Å². The predicted octanol–water partition coefficient (Wildman–Crippen LogP) is 6.21. The molecular weight excluding hydrogens is 463 g/mol. The van der Waals surface area contributed by atoms with E-state index >= 15 is 0 Å². The molecule has 0 radical (unpaired) electrons. The maximum absolute atomic E-state index is 4.61. The van der Waals surface area contributed by atoms with Gasteiger partial charge in [-0.25, -0.2) is 0 Å². The lowest BCUT2D eigenvalue weighted by atomic mass is 10.2. The fourth-order valence-electron chi connectivity index (χ4n) is 2.60. The number of para-hydroxylation sites is 1. The SMILES string of the molecule is Cc1cc(C=Nc2ccccc2Br)c(C)n1-c1ccc(I)cc1. The third-order valence-electron chi connectivity index (χ3n) is 3.75. The van der Waals surface area contributed by atoms with Crippen LogP contribution < -0.4 is 0 Å². The third kappa shape index (κ3) is 3.58. The topological polar surface area (TPSA) is 17.3 Å². The van der Waals surface area contributed by atoms with E-state index in [2.05, 4.69) is 92.3 Å². The summed E-state index contributed by atoms with van der Waals surface area (Å²) in [6.07, 6.45) is 1.94. The van der Waals surface area contributed by atoms with E-state index in [-0.39, 0.29) is 0 Å². The van der Waals surface area contributed by atoms with Crippen molar-refractivity contribution in [3.63, 3.8) is 0 Å². The van der Waals surface area contributed by atoms with Gasteiger partial charge in [0.05, 0.1) is 5.69 Å². The van der Waals surface area contributed by atoms with Crippen LogP contribution in [0.4, 0.5) is 5.69 Å². The van der Waals surface area contributed by atoms with Gasteiger partial charge in [-0.2, -0.15) is 0 Å². The Bertz CT molecular complexity index is 864. The Morgan fingerprint density at radius 3 is 2.43 bits per heavy atom. The lowest BCUT2D eigenvalue weighted by molar-refractivity contribution is 0.964. The Balaban J connectivity index is 1.98. The number of benzene rings is 2. The molecule has 0 spiro atoms. The summed E-state index contributed by atoms with van der Waals surface area (Å²) < 4.78 is 4.50. The van der Waals surface area contributed by atoms with Gasteiger partial charge >= 0.3 is 0 Å². The molecule has 1 heterocycles. The number of nitrogens with zero attached hydrogens (tertiary/aromatic N) is 2. The minimum atomic E-state index is 0.937. The Labute approximate surface area is 158 Å². The lowest BCUT2D eigenvalue weighted by Gasteiger charge is -2.09. The first-order chi connectivity index (χ1) is 11.1. The molecule has 0 fully saturated rings.